The van der Waals surface area contributed by atoms with Crippen LogP contribution in [0.25, 0.3) is 0 Å². The summed E-state index contributed by atoms with van der Waals surface area (Å²) in [5.74, 6) is 0.317. The van der Waals surface area contributed by atoms with Gasteiger partial charge in [-0.3, -0.25) is 9.59 Å². The zero-order valence-corrected chi connectivity index (χ0v) is 17.2. The van der Waals surface area contributed by atoms with E-state index >= 15 is 0 Å². The molecule has 0 aromatic heterocycles. The number of likely N-dealkylation sites (N-methyl/N-ethyl adjacent to an activating group) is 1. The number of benzene rings is 1. The number of aliphatic carboxylic acids is 1. The molecule has 154 valence electrons. The minimum Gasteiger partial charge on any atom is -0.493 e. The van der Waals surface area contributed by atoms with Crippen molar-refractivity contribution in [2.45, 2.75) is 37.6 Å². The second-order valence-electron chi connectivity index (χ2n) is 8.04. The first-order valence-corrected chi connectivity index (χ1v) is 9.75. The second-order valence-corrected chi connectivity index (χ2v) is 8.04. The van der Waals surface area contributed by atoms with Crippen molar-refractivity contribution in [3.63, 3.8) is 0 Å². The lowest BCUT2D eigenvalue weighted by Gasteiger charge is -2.51. The summed E-state index contributed by atoms with van der Waals surface area (Å²) in [6, 6.07) is 4.00. The van der Waals surface area contributed by atoms with Gasteiger partial charge in [-0.15, -0.1) is 0 Å². The molecule has 7 heteroatoms. The third kappa shape index (κ3) is 3.55. The molecule has 0 bridgehead atoms. The number of amides is 1. The summed E-state index contributed by atoms with van der Waals surface area (Å²) in [6.45, 7) is 0.972. The molecule has 1 amide bonds. The van der Waals surface area contributed by atoms with Crippen LogP contribution in [0, 0.1) is 5.92 Å². The first kappa shape index (κ1) is 20.5. The zero-order chi connectivity index (χ0) is 20.5. The van der Waals surface area contributed by atoms with Crippen LogP contribution >= 0.6 is 0 Å². The highest BCUT2D eigenvalue weighted by atomic mass is 16.5. The van der Waals surface area contributed by atoms with E-state index in [0.29, 0.717) is 50.3 Å². The highest BCUT2D eigenvalue weighted by Gasteiger charge is 2.48. The first-order valence-electron chi connectivity index (χ1n) is 9.75. The van der Waals surface area contributed by atoms with Crippen LogP contribution in [0.2, 0.25) is 0 Å². The lowest BCUT2D eigenvalue weighted by molar-refractivity contribution is -0.147. The summed E-state index contributed by atoms with van der Waals surface area (Å²) in [5.41, 5.74) is 1.75. The molecule has 3 rings (SSSR count). The Hall–Kier alpha value is -2.28. The number of methoxy groups -OCH3 is 2. The highest BCUT2D eigenvalue weighted by molar-refractivity contribution is 5.80. The van der Waals surface area contributed by atoms with Crippen molar-refractivity contribution in [3.05, 3.63) is 23.3 Å². The number of carbonyl (C=O) groups is 2. The van der Waals surface area contributed by atoms with Crippen LogP contribution < -0.4 is 9.47 Å². The topological polar surface area (TPSA) is 79.3 Å². The molecular formula is C21H30N2O5. The monoisotopic (exact) mass is 390 g/mol. The fraction of sp³-hybridized carbons (Fsp3) is 0.619. The van der Waals surface area contributed by atoms with E-state index in [1.54, 1.807) is 14.2 Å². The summed E-state index contributed by atoms with van der Waals surface area (Å²) in [7, 11) is 7.00. The Bertz CT molecular complexity index is 753. The molecule has 1 aliphatic carbocycles. The van der Waals surface area contributed by atoms with Crippen LogP contribution in [0.5, 0.6) is 11.5 Å². The molecule has 1 fully saturated rings. The maximum atomic E-state index is 13.1. The van der Waals surface area contributed by atoms with Gasteiger partial charge in [-0.1, -0.05) is 0 Å². The number of hydrogen-bond donors (Lipinski definition) is 1. The molecule has 1 saturated carbocycles. The number of carboxylic acids is 1. The third-order valence-electron chi connectivity index (χ3n) is 6.15. The van der Waals surface area contributed by atoms with Crippen LogP contribution in [0.1, 0.15) is 36.8 Å². The van der Waals surface area contributed by atoms with Gasteiger partial charge in [0, 0.05) is 6.54 Å². The van der Waals surface area contributed by atoms with Crippen LogP contribution in [0.15, 0.2) is 12.1 Å². The van der Waals surface area contributed by atoms with Gasteiger partial charge >= 0.3 is 5.97 Å². The van der Waals surface area contributed by atoms with Gasteiger partial charge in [-0.2, -0.15) is 0 Å². The Kier molecular flexibility index (Phi) is 5.84. The molecular weight excluding hydrogens is 360 g/mol. The second kappa shape index (κ2) is 7.99. The SMILES string of the molecule is COc1cc2c(cc1OC)C1(CCC(C(=O)O)CC1)N(C(=O)CN(C)C)CC2. The predicted molar refractivity (Wildman–Crippen MR) is 105 cm³/mol. The largest absolute Gasteiger partial charge is 0.493 e. The lowest BCUT2D eigenvalue weighted by Crippen LogP contribution is -2.57. The van der Waals surface area contributed by atoms with E-state index in [4.69, 9.17) is 9.47 Å². The van der Waals surface area contributed by atoms with E-state index in [0.717, 1.165) is 17.5 Å². The molecule has 1 spiro atoms. The molecule has 1 heterocycles. The van der Waals surface area contributed by atoms with Gasteiger partial charge in [0.2, 0.25) is 5.91 Å². The quantitative estimate of drug-likeness (QED) is 0.830. The summed E-state index contributed by atoms with van der Waals surface area (Å²) < 4.78 is 11.0. The fourth-order valence-electron chi connectivity index (χ4n) is 4.75. The smallest absolute Gasteiger partial charge is 0.306 e. The number of ether oxygens (including phenoxy) is 2. The molecule has 28 heavy (non-hydrogen) atoms. The van der Waals surface area contributed by atoms with Crippen molar-refractivity contribution in [2.24, 2.45) is 5.92 Å². The van der Waals surface area contributed by atoms with Gasteiger partial charge in [0.1, 0.15) is 0 Å². The van der Waals surface area contributed by atoms with E-state index in [2.05, 4.69) is 0 Å². The van der Waals surface area contributed by atoms with Gasteiger partial charge in [0.25, 0.3) is 0 Å². The molecule has 0 saturated heterocycles. The minimum absolute atomic E-state index is 0.0826. The van der Waals surface area contributed by atoms with Gasteiger partial charge in [-0.05, 0) is 69.5 Å². The molecule has 7 nitrogen and oxygen atoms in total. The maximum Gasteiger partial charge on any atom is 0.306 e. The van der Waals surface area contributed by atoms with Crippen LogP contribution in [0.3, 0.4) is 0 Å². The van der Waals surface area contributed by atoms with Crippen molar-refractivity contribution in [1.82, 2.24) is 9.80 Å². The van der Waals surface area contributed by atoms with Gasteiger partial charge in [0.15, 0.2) is 11.5 Å². The Labute approximate surface area is 166 Å². The lowest BCUT2D eigenvalue weighted by atomic mass is 9.68. The van der Waals surface area contributed by atoms with Crippen LogP contribution in [-0.2, 0) is 21.5 Å². The summed E-state index contributed by atoms with van der Waals surface area (Å²) in [5, 5.41) is 9.44. The minimum atomic E-state index is -0.746. The summed E-state index contributed by atoms with van der Waals surface area (Å²) in [4.78, 5) is 28.5. The van der Waals surface area contributed by atoms with Crippen molar-refractivity contribution in [3.8, 4) is 11.5 Å². The highest BCUT2D eigenvalue weighted by Crippen LogP contribution is 2.50. The maximum absolute atomic E-state index is 13.1. The fourth-order valence-corrected chi connectivity index (χ4v) is 4.75. The Morgan fingerprint density at radius 2 is 1.79 bits per heavy atom. The number of carbonyl (C=O) groups excluding carboxylic acids is 1. The summed E-state index contributed by atoms with van der Waals surface area (Å²) in [6.07, 6.45) is 3.17. The number of hydrogen-bond acceptors (Lipinski definition) is 5. The van der Waals surface area contributed by atoms with Crippen molar-refractivity contribution in [1.29, 1.82) is 0 Å². The molecule has 0 radical (unpaired) electrons. The molecule has 1 aromatic carbocycles. The van der Waals surface area contributed by atoms with Crippen LogP contribution in [-0.4, -0.2) is 68.2 Å². The average Bonchev–Trinajstić information content (AvgIpc) is 2.67. The Balaban J connectivity index is 2.06. The van der Waals surface area contributed by atoms with Crippen LogP contribution in [0.4, 0.5) is 0 Å². The normalized spacial score (nSPS) is 24.2. The van der Waals surface area contributed by atoms with E-state index < -0.39 is 11.5 Å². The third-order valence-corrected chi connectivity index (χ3v) is 6.15. The molecule has 1 aliphatic heterocycles. The van der Waals surface area contributed by atoms with Gasteiger partial charge in [0.05, 0.1) is 32.2 Å². The van der Waals surface area contributed by atoms with Crippen molar-refractivity contribution in [2.75, 3.05) is 41.4 Å². The van der Waals surface area contributed by atoms with E-state index in [1.807, 2.05) is 36.0 Å². The number of carboxylic acid groups (broad SMARTS) is 1. The predicted octanol–water partition coefficient (Wildman–Crippen LogP) is 2.12. The molecule has 0 atom stereocenters. The molecule has 2 aliphatic rings. The van der Waals surface area contributed by atoms with Gasteiger partial charge < -0.3 is 24.4 Å². The molecule has 1 aromatic rings. The first-order chi connectivity index (χ1) is 13.3. The van der Waals surface area contributed by atoms with Gasteiger partial charge in [-0.25, -0.2) is 0 Å². The van der Waals surface area contributed by atoms with Crippen molar-refractivity contribution >= 4 is 11.9 Å². The van der Waals surface area contributed by atoms with Crippen molar-refractivity contribution < 1.29 is 24.2 Å². The Morgan fingerprint density at radius 3 is 2.32 bits per heavy atom. The number of fused-ring (bicyclic) bond motifs is 2. The number of nitrogens with zero attached hydrogens (tertiary/aromatic N) is 2. The Morgan fingerprint density at radius 1 is 1.18 bits per heavy atom. The average molecular weight is 390 g/mol. The van der Waals surface area contributed by atoms with E-state index in [9.17, 15) is 14.7 Å². The van der Waals surface area contributed by atoms with E-state index in [1.165, 1.54) is 0 Å². The standard InChI is InChI=1S/C21H30N2O5/c1-22(2)13-19(24)23-10-7-15-11-17(27-3)18(28-4)12-16(15)21(23)8-5-14(6-9-21)20(25)26/h11-12,14H,5-10,13H2,1-4H3,(H,25,26). The zero-order valence-electron chi connectivity index (χ0n) is 17.2. The molecule has 0 unspecified atom stereocenters. The molecule has 1 N–H and O–H groups in total. The number of rotatable bonds is 5. The van der Waals surface area contributed by atoms with E-state index in [-0.39, 0.29) is 11.8 Å². The summed E-state index contributed by atoms with van der Waals surface area (Å²) >= 11 is 0.